The van der Waals surface area contributed by atoms with Crippen LogP contribution >= 0.6 is 0 Å². The maximum Gasteiger partial charge on any atom is 0.246 e. The van der Waals surface area contributed by atoms with Gasteiger partial charge in [0, 0.05) is 12.4 Å². The van der Waals surface area contributed by atoms with Gasteiger partial charge in [0.05, 0.1) is 6.54 Å². The number of aromatic nitrogens is 2. The van der Waals surface area contributed by atoms with Gasteiger partial charge in [-0.25, -0.2) is 9.97 Å². The Bertz CT molecular complexity index is 530. The minimum atomic E-state index is -0.402. The molecule has 1 saturated heterocycles. The van der Waals surface area contributed by atoms with Crippen LogP contribution in [0.3, 0.4) is 0 Å². The smallest absolute Gasteiger partial charge is 0.246 e. The first kappa shape index (κ1) is 14.0. The fourth-order valence-electron chi connectivity index (χ4n) is 2.85. The lowest BCUT2D eigenvalue weighted by molar-refractivity contribution is -0.151. The highest BCUT2D eigenvalue weighted by Gasteiger charge is 2.46. The monoisotopic (exact) mass is 288 g/mol. The van der Waals surface area contributed by atoms with Crippen LogP contribution < -0.4 is 5.32 Å². The summed E-state index contributed by atoms with van der Waals surface area (Å²) in [5.74, 6) is 0.867. The Morgan fingerprint density at radius 2 is 2.00 bits per heavy atom. The summed E-state index contributed by atoms with van der Waals surface area (Å²) in [5, 5.41) is 2.91. The maximum absolute atomic E-state index is 12.7. The zero-order valence-electron chi connectivity index (χ0n) is 12.2. The Hall–Kier alpha value is -1.98. The standard InChI is InChI=1S/C15H20N4O2/c1-2-4-11-14(20)18-13(10-5-6-10)15(21)19(11)9-12-16-7-3-8-17-12/h3,7-8,10-11,13H,2,4-6,9H2,1H3,(H,18,20). The molecule has 6 heteroatoms. The largest absolute Gasteiger partial charge is 0.342 e. The van der Waals surface area contributed by atoms with E-state index in [4.69, 9.17) is 0 Å². The molecule has 0 radical (unpaired) electrons. The van der Waals surface area contributed by atoms with Crippen molar-refractivity contribution in [3.8, 4) is 0 Å². The fourth-order valence-corrected chi connectivity index (χ4v) is 2.85. The van der Waals surface area contributed by atoms with Crippen molar-refractivity contribution in [1.82, 2.24) is 20.2 Å². The van der Waals surface area contributed by atoms with Crippen LogP contribution in [-0.2, 0) is 16.1 Å². The average molecular weight is 288 g/mol. The predicted molar refractivity (Wildman–Crippen MR) is 75.9 cm³/mol. The first-order chi connectivity index (χ1) is 10.2. The van der Waals surface area contributed by atoms with Crippen LogP contribution in [-0.4, -0.2) is 38.8 Å². The molecule has 21 heavy (non-hydrogen) atoms. The van der Waals surface area contributed by atoms with E-state index in [1.807, 2.05) is 6.92 Å². The Kier molecular flexibility index (Phi) is 3.86. The zero-order valence-corrected chi connectivity index (χ0v) is 12.2. The number of hydrogen-bond acceptors (Lipinski definition) is 4. The van der Waals surface area contributed by atoms with Gasteiger partial charge in [0.1, 0.15) is 17.9 Å². The van der Waals surface area contributed by atoms with Crippen LogP contribution in [0, 0.1) is 5.92 Å². The number of rotatable bonds is 5. The van der Waals surface area contributed by atoms with Gasteiger partial charge < -0.3 is 10.2 Å². The Morgan fingerprint density at radius 3 is 2.62 bits per heavy atom. The van der Waals surface area contributed by atoms with Gasteiger partial charge in [0.15, 0.2) is 0 Å². The first-order valence-electron chi connectivity index (χ1n) is 7.57. The Balaban J connectivity index is 1.82. The number of hydrogen-bond donors (Lipinski definition) is 1. The molecule has 2 aliphatic rings. The third-order valence-corrected chi connectivity index (χ3v) is 4.11. The third kappa shape index (κ3) is 2.89. The predicted octanol–water partition coefficient (Wildman–Crippen LogP) is 0.882. The van der Waals surface area contributed by atoms with E-state index in [1.165, 1.54) is 0 Å². The van der Waals surface area contributed by atoms with Gasteiger partial charge in [-0.1, -0.05) is 13.3 Å². The van der Waals surface area contributed by atoms with Crippen molar-refractivity contribution < 1.29 is 9.59 Å². The van der Waals surface area contributed by atoms with E-state index in [0.29, 0.717) is 24.7 Å². The van der Waals surface area contributed by atoms with Crippen molar-refractivity contribution in [1.29, 1.82) is 0 Å². The van der Waals surface area contributed by atoms with Crippen LogP contribution in [0.5, 0.6) is 0 Å². The summed E-state index contributed by atoms with van der Waals surface area (Å²) in [7, 11) is 0. The van der Waals surface area contributed by atoms with E-state index in [0.717, 1.165) is 19.3 Å². The average Bonchev–Trinajstić information content (AvgIpc) is 3.32. The molecular weight excluding hydrogens is 268 g/mol. The van der Waals surface area contributed by atoms with E-state index in [2.05, 4.69) is 15.3 Å². The Labute approximate surface area is 124 Å². The van der Waals surface area contributed by atoms with Gasteiger partial charge in [0.25, 0.3) is 0 Å². The molecule has 1 aromatic rings. The molecule has 1 aliphatic heterocycles. The van der Waals surface area contributed by atoms with Gasteiger partial charge in [-0.15, -0.1) is 0 Å². The molecule has 1 N–H and O–H groups in total. The molecule has 3 rings (SSSR count). The van der Waals surface area contributed by atoms with Crippen molar-refractivity contribution in [3.05, 3.63) is 24.3 Å². The van der Waals surface area contributed by atoms with Crippen LogP contribution in [0.4, 0.5) is 0 Å². The highest BCUT2D eigenvalue weighted by Crippen LogP contribution is 2.35. The van der Waals surface area contributed by atoms with Crippen LogP contribution in [0.15, 0.2) is 18.5 Å². The highest BCUT2D eigenvalue weighted by molar-refractivity contribution is 5.97. The molecule has 0 aromatic carbocycles. The number of amides is 2. The van der Waals surface area contributed by atoms with Crippen molar-refractivity contribution in [3.63, 3.8) is 0 Å². The molecule has 2 fully saturated rings. The first-order valence-corrected chi connectivity index (χ1v) is 7.57. The highest BCUT2D eigenvalue weighted by atomic mass is 16.2. The topological polar surface area (TPSA) is 75.2 Å². The minimum absolute atomic E-state index is 0.0167. The molecule has 0 spiro atoms. The van der Waals surface area contributed by atoms with Crippen LogP contribution in [0.25, 0.3) is 0 Å². The van der Waals surface area contributed by atoms with E-state index < -0.39 is 6.04 Å². The van der Waals surface area contributed by atoms with E-state index in [9.17, 15) is 9.59 Å². The van der Waals surface area contributed by atoms with Crippen molar-refractivity contribution >= 4 is 11.8 Å². The SMILES string of the molecule is CCCC1C(=O)NC(C2CC2)C(=O)N1Cc1ncccn1. The molecule has 112 valence electrons. The van der Waals surface area contributed by atoms with Gasteiger partial charge >= 0.3 is 0 Å². The minimum Gasteiger partial charge on any atom is -0.342 e. The maximum atomic E-state index is 12.7. The number of carbonyl (C=O) groups is 2. The number of carbonyl (C=O) groups excluding carboxylic acids is 2. The normalized spacial score (nSPS) is 25.9. The second-order valence-corrected chi connectivity index (χ2v) is 5.76. The fraction of sp³-hybridized carbons (Fsp3) is 0.600. The quantitative estimate of drug-likeness (QED) is 0.873. The van der Waals surface area contributed by atoms with Gasteiger partial charge in [-0.2, -0.15) is 0 Å². The summed E-state index contributed by atoms with van der Waals surface area (Å²) in [6.45, 7) is 2.32. The van der Waals surface area contributed by atoms with Crippen molar-refractivity contribution in [2.24, 2.45) is 5.92 Å². The molecule has 2 amide bonds. The lowest BCUT2D eigenvalue weighted by atomic mass is 10.0. The number of piperazine rings is 1. The third-order valence-electron chi connectivity index (χ3n) is 4.11. The summed E-state index contributed by atoms with van der Waals surface area (Å²) in [6.07, 6.45) is 6.87. The van der Waals surface area contributed by atoms with Crippen molar-refractivity contribution in [2.45, 2.75) is 51.2 Å². The number of nitrogens with one attached hydrogen (secondary N) is 1. The Morgan fingerprint density at radius 1 is 1.29 bits per heavy atom. The van der Waals surface area contributed by atoms with Crippen LogP contribution in [0.2, 0.25) is 0 Å². The zero-order chi connectivity index (χ0) is 14.8. The molecule has 1 aromatic heterocycles. The summed E-state index contributed by atoms with van der Waals surface area (Å²) in [6, 6.07) is 0.987. The molecule has 2 unspecified atom stereocenters. The molecule has 2 atom stereocenters. The van der Waals surface area contributed by atoms with E-state index in [-0.39, 0.29) is 17.9 Å². The van der Waals surface area contributed by atoms with Crippen LogP contribution in [0.1, 0.15) is 38.4 Å². The molecule has 2 heterocycles. The molecule has 6 nitrogen and oxygen atoms in total. The lowest BCUT2D eigenvalue weighted by Gasteiger charge is -2.38. The molecule has 1 aliphatic carbocycles. The summed E-state index contributed by atoms with van der Waals surface area (Å²) in [5.41, 5.74) is 0. The van der Waals surface area contributed by atoms with E-state index >= 15 is 0 Å². The van der Waals surface area contributed by atoms with Gasteiger partial charge in [0.2, 0.25) is 11.8 Å². The second-order valence-electron chi connectivity index (χ2n) is 5.76. The summed E-state index contributed by atoms with van der Waals surface area (Å²) >= 11 is 0. The van der Waals surface area contributed by atoms with E-state index in [1.54, 1.807) is 23.4 Å². The molecule has 0 bridgehead atoms. The molecular formula is C15H20N4O2. The summed E-state index contributed by atoms with van der Waals surface area (Å²) < 4.78 is 0. The van der Waals surface area contributed by atoms with Crippen molar-refractivity contribution in [2.75, 3.05) is 0 Å². The second kappa shape index (κ2) is 5.79. The lowest BCUT2D eigenvalue weighted by Crippen LogP contribution is -2.63. The molecule has 1 saturated carbocycles. The number of nitrogens with zero attached hydrogens (tertiary/aromatic N) is 3. The summed E-state index contributed by atoms with van der Waals surface area (Å²) in [4.78, 5) is 35.0. The van der Waals surface area contributed by atoms with Gasteiger partial charge in [-0.3, -0.25) is 9.59 Å². The van der Waals surface area contributed by atoms with Gasteiger partial charge in [-0.05, 0) is 31.2 Å².